The Morgan fingerprint density at radius 2 is 2.45 bits per heavy atom. The van der Waals surface area contributed by atoms with E-state index in [4.69, 9.17) is 9.47 Å². The molecule has 2 unspecified atom stereocenters. The summed E-state index contributed by atoms with van der Waals surface area (Å²) in [4.78, 5) is 10.7. The van der Waals surface area contributed by atoms with Gasteiger partial charge in [-0.15, -0.1) is 0 Å². The topological polar surface area (TPSA) is 35.5 Å². The van der Waals surface area contributed by atoms with Gasteiger partial charge in [-0.2, -0.15) is 0 Å². The molecule has 3 heteroatoms. The van der Waals surface area contributed by atoms with Gasteiger partial charge in [0.25, 0.3) is 0 Å². The van der Waals surface area contributed by atoms with E-state index in [0.29, 0.717) is 6.61 Å². The number of ether oxygens (including phenoxy) is 2. The highest BCUT2D eigenvalue weighted by Crippen LogP contribution is 2.28. The smallest absolute Gasteiger partial charge is 0.154 e. The molecule has 2 atom stereocenters. The SMILES string of the molecule is COC(C)C1(C=O)CCCO1. The molecule has 0 aliphatic carbocycles. The lowest BCUT2D eigenvalue weighted by Gasteiger charge is -2.27. The van der Waals surface area contributed by atoms with Crippen molar-refractivity contribution >= 4 is 6.29 Å². The molecule has 0 radical (unpaired) electrons. The summed E-state index contributed by atoms with van der Waals surface area (Å²) >= 11 is 0. The summed E-state index contributed by atoms with van der Waals surface area (Å²) in [6.07, 6.45) is 2.47. The maximum absolute atomic E-state index is 10.7. The molecule has 0 aromatic rings. The summed E-state index contributed by atoms with van der Waals surface area (Å²) < 4.78 is 10.4. The highest BCUT2D eigenvalue weighted by Gasteiger charge is 2.40. The molecule has 11 heavy (non-hydrogen) atoms. The number of carbonyl (C=O) groups is 1. The van der Waals surface area contributed by atoms with Gasteiger partial charge in [0.2, 0.25) is 0 Å². The van der Waals surface area contributed by atoms with Crippen LogP contribution in [-0.2, 0) is 14.3 Å². The Morgan fingerprint density at radius 1 is 1.73 bits per heavy atom. The van der Waals surface area contributed by atoms with E-state index in [1.54, 1.807) is 7.11 Å². The third kappa shape index (κ3) is 1.44. The third-order valence-corrected chi connectivity index (χ3v) is 2.32. The Hall–Kier alpha value is -0.410. The quantitative estimate of drug-likeness (QED) is 0.569. The Bertz CT molecular complexity index is 138. The summed E-state index contributed by atoms with van der Waals surface area (Å²) in [6.45, 7) is 2.53. The molecule has 1 aliphatic heterocycles. The van der Waals surface area contributed by atoms with Crippen molar-refractivity contribution in [3.8, 4) is 0 Å². The van der Waals surface area contributed by atoms with E-state index >= 15 is 0 Å². The van der Waals surface area contributed by atoms with Crippen molar-refractivity contribution in [3.05, 3.63) is 0 Å². The van der Waals surface area contributed by atoms with Gasteiger partial charge >= 0.3 is 0 Å². The second kappa shape index (κ2) is 3.32. The zero-order valence-electron chi connectivity index (χ0n) is 7.00. The van der Waals surface area contributed by atoms with Crippen LogP contribution in [0.3, 0.4) is 0 Å². The van der Waals surface area contributed by atoms with Crippen molar-refractivity contribution in [1.29, 1.82) is 0 Å². The summed E-state index contributed by atoms with van der Waals surface area (Å²) in [7, 11) is 1.59. The van der Waals surface area contributed by atoms with Crippen LogP contribution in [0.1, 0.15) is 19.8 Å². The minimum atomic E-state index is -0.658. The summed E-state index contributed by atoms with van der Waals surface area (Å²) in [5.74, 6) is 0. The van der Waals surface area contributed by atoms with Crippen LogP contribution in [0.15, 0.2) is 0 Å². The first-order valence-electron chi connectivity index (χ1n) is 3.88. The number of hydrogen-bond donors (Lipinski definition) is 0. The van der Waals surface area contributed by atoms with Crippen LogP contribution >= 0.6 is 0 Å². The molecule has 0 amide bonds. The highest BCUT2D eigenvalue weighted by molar-refractivity contribution is 5.64. The lowest BCUT2D eigenvalue weighted by molar-refractivity contribution is -0.141. The molecule has 64 valence electrons. The molecule has 1 rings (SSSR count). The number of methoxy groups -OCH3 is 1. The molecule has 1 heterocycles. The second-order valence-corrected chi connectivity index (χ2v) is 2.90. The zero-order valence-corrected chi connectivity index (χ0v) is 7.00. The van der Waals surface area contributed by atoms with E-state index in [0.717, 1.165) is 19.1 Å². The third-order valence-electron chi connectivity index (χ3n) is 2.32. The first-order chi connectivity index (χ1) is 5.25. The Labute approximate surface area is 66.7 Å². The van der Waals surface area contributed by atoms with Crippen molar-refractivity contribution in [2.75, 3.05) is 13.7 Å². The van der Waals surface area contributed by atoms with Gasteiger partial charge in [-0.05, 0) is 19.8 Å². The van der Waals surface area contributed by atoms with E-state index in [-0.39, 0.29) is 6.10 Å². The summed E-state index contributed by atoms with van der Waals surface area (Å²) in [6, 6.07) is 0. The second-order valence-electron chi connectivity index (χ2n) is 2.90. The van der Waals surface area contributed by atoms with Crippen LogP contribution in [0, 0.1) is 0 Å². The summed E-state index contributed by atoms with van der Waals surface area (Å²) in [5, 5.41) is 0. The minimum Gasteiger partial charge on any atom is -0.378 e. The van der Waals surface area contributed by atoms with Gasteiger partial charge in [-0.1, -0.05) is 0 Å². The van der Waals surface area contributed by atoms with Crippen LogP contribution in [0.25, 0.3) is 0 Å². The van der Waals surface area contributed by atoms with Gasteiger partial charge in [0.05, 0.1) is 6.10 Å². The molecule has 0 bridgehead atoms. The molecule has 0 aromatic heterocycles. The first-order valence-corrected chi connectivity index (χ1v) is 3.88. The zero-order chi connectivity index (χ0) is 8.32. The lowest BCUT2D eigenvalue weighted by Crippen LogP contribution is -2.42. The predicted octanol–water partition coefficient (Wildman–Crippen LogP) is 0.769. The average Bonchev–Trinajstić information content (AvgIpc) is 2.52. The van der Waals surface area contributed by atoms with Crippen LogP contribution in [-0.4, -0.2) is 31.7 Å². The largest absolute Gasteiger partial charge is 0.378 e. The number of hydrogen-bond acceptors (Lipinski definition) is 3. The fraction of sp³-hybridized carbons (Fsp3) is 0.875. The van der Waals surface area contributed by atoms with Crippen molar-refractivity contribution < 1.29 is 14.3 Å². The molecule has 1 aliphatic rings. The van der Waals surface area contributed by atoms with Crippen molar-refractivity contribution in [2.24, 2.45) is 0 Å². The minimum absolute atomic E-state index is 0.137. The van der Waals surface area contributed by atoms with E-state index < -0.39 is 5.60 Å². The fourth-order valence-electron chi connectivity index (χ4n) is 1.39. The number of aldehydes is 1. The van der Waals surface area contributed by atoms with Crippen LogP contribution in [0.2, 0.25) is 0 Å². The maximum Gasteiger partial charge on any atom is 0.154 e. The fourth-order valence-corrected chi connectivity index (χ4v) is 1.39. The molecule has 0 N–H and O–H groups in total. The van der Waals surface area contributed by atoms with E-state index in [1.807, 2.05) is 6.92 Å². The standard InChI is InChI=1S/C8H14O3/c1-7(10-2)8(6-9)4-3-5-11-8/h6-7H,3-5H2,1-2H3. The lowest BCUT2D eigenvalue weighted by atomic mass is 9.96. The van der Waals surface area contributed by atoms with Gasteiger partial charge in [0, 0.05) is 13.7 Å². The molecule has 3 nitrogen and oxygen atoms in total. The molecule has 1 fully saturated rings. The Kier molecular flexibility index (Phi) is 2.62. The summed E-state index contributed by atoms with van der Waals surface area (Å²) in [5.41, 5.74) is -0.658. The van der Waals surface area contributed by atoms with Crippen molar-refractivity contribution in [2.45, 2.75) is 31.5 Å². The van der Waals surface area contributed by atoms with Gasteiger partial charge in [0.1, 0.15) is 5.60 Å². The Morgan fingerprint density at radius 3 is 2.82 bits per heavy atom. The van der Waals surface area contributed by atoms with E-state index in [1.165, 1.54) is 0 Å². The molecular weight excluding hydrogens is 144 g/mol. The van der Waals surface area contributed by atoms with Crippen LogP contribution in [0.4, 0.5) is 0 Å². The molecular formula is C8H14O3. The molecule has 1 saturated heterocycles. The monoisotopic (exact) mass is 158 g/mol. The molecule has 0 spiro atoms. The van der Waals surface area contributed by atoms with Crippen molar-refractivity contribution in [3.63, 3.8) is 0 Å². The number of rotatable bonds is 3. The predicted molar refractivity (Wildman–Crippen MR) is 40.5 cm³/mol. The Balaban J connectivity index is 2.65. The van der Waals surface area contributed by atoms with Gasteiger partial charge in [-0.25, -0.2) is 0 Å². The van der Waals surface area contributed by atoms with Gasteiger partial charge < -0.3 is 14.3 Å². The van der Waals surface area contributed by atoms with Crippen molar-refractivity contribution in [1.82, 2.24) is 0 Å². The van der Waals surface area contributed by atoms with Gasteiger partial charge in [-0.3, -0.25) is 0 Å². The number of carbonyl (C=O) groups excluding carboxylic acids is 1. The van der Waals surface area contributed by atoms with E-state index in [2.05, 4.69) is 0 Å². The highest BCUT2D eigenvalue weighted by atomic mass is 16.6. The first kappa shape index (κ1) is 8.68. The van der Waals surface area contributed by atoms with Gasteiger partial charge in [0.15, 0.2) is 6.29 Å². The normalized spacial score (nSPS) is 33.6. The molecule has 0 aromatic carbocycles. The van der Waals surface area contributed by atoms with Crippen LogP contribution in [0.5, 0.6) is 0 Å². The average molecular weight is 158 g/mol. The van der Waals surface area contributed by atoms with E-state index in [9.17, 15) is 4.79 Å². The molecule has 0 saturated carbocycles. The maximum atomic E-state index is 10.7. The van der Waals surface area contributed by atoms with Crippen LogP contribution < -0.4 is 0 Å².